The molecule has 3 fully saturated rings. The van der Waals surface area contributed by atoms with Crippen molar-refractivity contribution in [1.82, 2.24) is 0 Å². The van der Waals surface area contributed by atoms with E-state index in [0.717, 1.165) is 4.90 Å². The molecule has 2 aliphatic carbocycles. The molecule has 8 nitrogen and oxygen atoms in total. The monoisotopic (exact) mass is 746 g/mol. The van der Waals surface area contributed by atoms with Crippen molar-refractivity contribution in [2.45, 2.75) is 35.4 Å². The van der Waals surface area contributed by atoms with Crippen LogP contribution in [0.25, 0.3) is 6.08 Å². The second-order valence-electron chi connectivity index (χ2n) is 12.6. The van der Waals surface area contributed by atoms with Crippen LogP contribution in [0.4, 0.5) is 33.3 Å². The third-order valence-electron chi connectivity index (χ3n) is 10.2. The average Bonchev–Trinajstić information content (AvgIpc) is 3.46. The molecule has 2 heterocycles. The number of alkyl halides is 2. The Labute approximate surface area is 296 Å². The first-order valence-corrected chi connectivity index (χ1v) is 16.4. The van der Waals surface area contributed by atoms with E-state index >= 15 is 8.78 Å². The minimum atomic E-state index is -2.78. The van der Waals surface area contributed by atoms with E-state index in [1.807, 2.05) is 0 Å². The molecule has 15 heteroatoms. The molecule has 1 saturated carbocycles. The van der Waals surface area contributed by atoms with Crippen molar-refractivity contribution in [3.8, 4) is 11.5 Å². The number of ether oxygens (including phenoxy) is 1. The number of phenolic OH excluding ortho intramolecular Hbond substituents is 1. The summed E-state index contributed by atoms with van der Waals surface area (Å²) in [5, 5.41) is 11.5. The number of hydrogen-bond acceptors (Lipinski definition) is 6. The number of fused-ring (bicyclic) bond motifs is 4. The van der Waals surface area contributed by atoms with Gasteiger partial charge in [0.05, 0.1) is 24.1 Å². The van der Waals surface area contributed by atoms with Gasteiger partial charge in [0.25, 0.3) is 11.8 Å². The number of carbonyl (C=O) groups excluding carboxylic acids is 4. The molecule has 4 aliphatic rings. The number of anilines is 2. The van der Waals surface area contributed by atoms with E-state index in [0.29, 0.717) is 5.56 Å². The van der Waals surface area contributed by atoms with Crippen LogP contribution in [0.2, 0.25) is 0 Å². The molecule has 6 atom stereocenters. The summed E-state index contributed by atoms with van der Waals surface area (Å²) in [5.41, 5.74) is -0.883. The van der Waals surface area contributed by atoms with Crippen LogP contribution >= 0.6 is 23.2 Å². The first kappa shape index (κ1) is 34.7. The first-order valence-electron chi connectivity index (χ1n) is 15.7. The SMILES string of the molecule is C=Cc1ccc(N2C(=O)[C@H]3[C@H](CC=C4[C@H]3C[C@@]3(Cl)C(=O)N(c5c(F)c(F)c(F)c(F)c5F)C(=O)[C@@]3(Cl)[C@H]4c3cccc(OCC)c3O)C2=O)cc1. The fourth-order valence-electron chi connectivity index (χ4n) is 7.97. The molecule has 0 aromatic heterocycles. The minimum absolute atomic E-state index is 0.0591. The van der Waals surface area contributed by atoms with Crippen molar-refractivity contribution in [1.29, 1.82) is 0 Å². The van der Waals surface area contributed by atoms with Gasteiger partial charge in [-0.15, -0.1) is 23.2 Å². The molecular formula is C36H25Cl2F5N2O6. The van der Waals surface area contributed by atoms with Crippen LogP contribution in [0.1, 0.15) is 36.8 Å². The van der Waals surface area contributed by atoms with Crippen LogP contribution < -0.4 is 14.5 Å². The number of imide groups is 2. The lowest BCUT2D eigenvalue weighted by Crippen LogP contribution is -2.60. The molecule has 4 amide bonds. The number of nitrogens with zero attached hydrogens (tertiary/aromatic N) is 2. The van der Waals surface area contributed by atoms with E-state index in [9.17, 15) is 37.5 Å². The Morgan fingerprint density at radius 1 is 0.882 bits per heavy atom. The number of rotatable bonds is 6. The predicted molar refractivity (Wildman–Crippen MR) is 175 cm³/mol. The summed E-state index contributed by atoms with van der Waals surface area (Å²) in [6, 6.07) is 10.5. The van der Waals surface area contributed by atoms with Gasteiger partial charge in [-0.25, -0.2) is 26.9 Å². The molecule has 0 bridgehead atoms. The molecule has 0 radical (unpaired) electrons. The van der Waals surface area contributed by atoms with Gasteiger partial charge in [0.1, 0.15) is 5.69 Å². The zero-order valence-electron chi connectivity index (χ0n) is 26.4. The van der Waals surface area contributed by atoms with Crippen molar-refractivity contribution in [2.75, 3.05) is 16.4 Å². The number of carbonyl (C=O) groups is 4. The lowest BCUT2D eigenvalue weighted by molar-refractivity contribution is -0.125. The fraction of sp³-hybridized carbons (Fsp3) is 0.278. The zero-order valence-corrected chi connectivity index (χ0v) is 27.9. The summed E-state index contributed by atoms with van der Waals surface area (Å²) in [6.45, 7) is 5.39. The maximum atomic E-state index is 15.3. The normalized spacial score (nSPS) is 28.4. The minimum Gasteiger partial charge on any atom is -0.504 e. The van der Waals surface area contributed by atoms with Gasteiger partial charge in [0.15, 0.2) is 44.5 Å². The van der Waals surface area contributed by atoms with Crippen LogP contribution in [0.3, 0.4) is 0 Å². The van der Waals surface area contributed by atoms with Crippen LogP contribution in [0.15, 0.2) is 60.7 Å². The van der Waals surface area contributed by atoms with Gasteiger partial charge in [0.2, 0.25) is 17.6 Å². The number of amides is 4. The van der Waals surface area contributed by atoms with E-state index in [4.69, 9.17) is 27.9 Å². The van der Waals surface area contributed by atoms with Gasteiger partial charge >= 0.3 is 0 Å². The standard InChI is InChI=1S/C36H25Cl2F5N2O6/c1-3-15-8-10-16(11-9-15)44-31(47)18-13-12-17-20(22(18)32(44)48)14-35(37)33(49)45(29-27(42)25(40)24(39)26(41)28(29)43)34(50)36(35,38)23(17)19-6-5-7-21(30(19)46)51-4-2/h3,5-12,18,20,22-23,46H,1,4,13-14H2,2H3/t18-,20+,22-,23+,35+,36-/m0/s1. The summed E-state index contributed by atoms with van der Waals surface area (Å²) in [6.07, 6.45) is 2.38. The van der Waals surface area contributed by atoms with E-state index in [1.54, 1.807) is 37.3 Å². The Morgan fingerprint density at radius 3 is 2.12 bits per heavy atom. The van der Waals surface area contributed by atoms with E-state index < -0.39 is 104 Å². The van der Waals surface area contributed by atoms with Gasteiger partial charge in [-0.05, 0) is 49.4 Å². The van der Waals surface area contributed by atoms with Gasteiger partial charge < -0.3 is 9.84 Å². The van der Waals surface area contributed by atoms with Crippen LogP contribution in [0.5, 0.6) is 11.5 Å². The number of phenols is 1. The molecule has 3 aromatic carbocycles. The molecule has 3 aromatic rings. The summed E-state index contributed by atoms with van der Waals surface area (Å²) in [7, 11) is 0. The molecule has 2 aliphatic heterocycles. The molecule has 7 rings (SSSR count). The van der Waals surface area contributed by atoms with Gasteiger partial charge in [0, 0.05) is 11.5 Å². The van der Waals surface area contributed by atoms with E-state index in [2.05, 4.69) is 6.58 Å². The third-order valence-corrected chi connectivity index (χ3v) is 11.7. The predicted octanol–water partition coefficient (Wildman–Crippen LogP) is 6.90. The van der Waals surface area contributed by atoms with Crippen LogP contribution in [0, 0.1) is 46.8 Å². The van der Waals surface area contributed by atoms with Crippen molar-refractivity contribution >= 4 is 64.3 Å². The quantitative estimate of drug-likeness (QED) is 0.0736. The molecule has 0 unspecified atom stereocenters. The lowest BCUT2D eigenvalue weighted by atomic mass is 9.56. The van der Waals surface area contributed by atoms with Crippen molar-refractivity contribution in [2.24, 2.45) is 17.8 Å². The summed E-state index contributed by atoms with van der Waals surface area (Å²) < 4.78 is 79.0. The number of para-hydroxylation sites is 1. The smallest absolute Gasteiger partial charge is 0.258 e. The Hall–Kier alpha value is -4.75. The highest BCUT2D eigenvalue weighted by atomic mass is 35.5. The second kappa shape index (κ2) is 11.9. The topological polar surface area (TPSA) is 104 Å². The Balaban J connectivity index is 1.44. The van der Waals surface area contributed by atoms with Crippen molar-refractivity contribution in [3.63, 3.8) is 0 Å². The summed E-state index contributed by atoms with van der Waals surface area (Å²) in [4.78, 5) is 52.0. The number of aromatic hydroxyl groups is 1. The number of halogens is 7. The Bertz CT molecular complexity index is 2100. The number of hydrogen-bond donors (Lipinski definition) is 1. The van der Waals surface area contributed by atoms with Crippen LogP contribution in [-0.4, -0.2) is 45.1 Å². The highest BCUT2D eigenvalue weighted by molar-refractivity contribution is 6.58. The zero-order chi connectivity index (χ0) is 36.9. The maximum absolute atomic E-state index is 15.3. The fourth-order valence-corrected chi connectivity index (χ4v) is 8.90. The summed E-state index contributed by atoms with van der Waals surface area (Å²) in [5.74, 6) is -22.5. The van der Waals surface area contributed by atoms with E-state index in [1.165, 1.54) is 24.3 Å². The second-order valence-corrected chi connectivity index (χ2v) is 13.9. The van der Waals surface area contributed by atoms with Crippen molar-refractivity contribution < 1.29 is 51.0 Å². The first-order chi connectivity index (χ1) is 24.1. The van der Waals surface area contributed by atoms with Gasteiger partial charge in [-0.3, -0.25) is 24.1 Å². The largest absolute Gasteiger partial charge is 0.504 e. The average molecular weight is 748 g/mol. The number of allylic oxidation sites excluding steroid dienone is 2. The van der Waals surface area contributed by atoms with Crippen LogP contribution in [-0.2, 0) is 19.2 Å². The molecule has 1 N–H and O–H groups in total. The highest BCUT2D eigenvalue weighted by Gasteiger charge is 2.77. The van der Waals surface area contributed by atoms with Crippen molar-refractivity contribution in [3.05, 3.63) is 101 Å². The molecular weight excluding hydrogens is 722 g/mol. The van der Waals surface area contributed by atoms with Gasteiger partial charge in [-0.1, -0.05) is 48.6 Å². The lowest BCUT2D eigenvalue weighted by Gasteiger charge is -2.50. The highest BCUT2D eigenvalue weighted by Crippen LogP contribution is 2.67. The third kappa shape index (κ3) is 4.49. The molecule has 0 spiro atoms. The number of benzene rings is 3. The van der Waals surface area contributed by atoms with Gasteiger partial charge in [-0.2, -0.15) is 0 Å². The maximum Gasteiger partial charge on any atom is 0.258 e. The summed E-state index contributed by atoms with van der Waals surface area (Å²) >= 11 is 14.3. The van der Waals surface area contributed by atoms with E-state index in [-0.39, 0.29) is 40.5 Å². The Morgan fingerprint density at radius 2 is 1.51 bits per heavy atom. The Kier molecular flexibility index (Phi) is 8.10. The molecule has 2 saturated heterocycles. The molecule has 264 valence electrons. The molecule has 51 heavy (non-hydrogen) atoms.